The van der Waals surface area contributed by atoms with E-state index in [2.05, 4.69) is 15.3 Å². The van der Waals surface area contributed by atoms with E-state index < -0.39 is 0 Å². The molecule has 1 N–H and O–H groups in total. The second-order valence-corrected chi connectivity index (χ2v) is 4.64. The van der Waals surface area contributed by atoms with Gasteiger partial charge >= 0.3 is 0 Å². The molecule has 1 aromatic carbocycles. The smallest absolute Gasteiger partial charge is 0.241 e. The molecule has 0 aliphatic rings. The summed E-state index contributed by atoms with van der Waals surface area (Å²) in [6, 6.07) is 7.84. The number of aromatic nitrogens is 2. The number of hydrogen-bond donors (Lipinski definition) is 1. The summed E-state index contributed by atoms with van der Waals surface area (Å²) in [5, 5.41) is 3.10. The molecule has 0 saturated carbocycles. The average molecular weight is 273 g/mol. The van der Waals surface area contributed by atoms with E-state index in [9.17, 15) is 0 Å². The first-order valence-corrected chi connectivity index (χ1v) is 6.57. The average Bonchev–Trinajstić information content (AvgIpc) is 2.39. The molecule has 5 nitrogen and oxygen atoms in total. The Balaban J connectivity index is 2.11. The van der Waals surface area contributed by atoms with Gasteiger partial charge in [0.05, 0.1) is 18.5 Å². The van der Waals surface area contributed by atoms with Crippen molar-refractivity contribution in [2.75, 3.05) is 7.05 Å². The van der Waals surface area contributed by atoms with E-state index in [4.69, 9.17) is 9.47 Å². The molecule has 1 aromatic heterocycles. The van der Waals surface area contributed by atoms with E-state index in [1.807, 2.05) is 45.2 Å². The molecule has 0 saturated heterocycles. The Morgan fingerprint density at radius 3 is 2.75 bits per heavy atom. The summed E-state index contributed by atoms with van der Waals surface area (Å²) in [5.74, 6) is 1.61. The molecule has 0 bridgehead atoms. The number of rotatable bonds is 6. The van der Waals surface area contributed by atoms with Gasteiger partial charge in [-0.1, -0.05) is 12.1 Å². The molecule has 0 aliphatic carbocycles. The van der Waals surface area contributed by atoms with Gasteiger partial charge in [0.1, 0.15) is 5.75 Å². The molecular weight excluding hydrogens is 254 g/mol. The van der Waals surface area contributed by atoms with Crippen LogP contribution in [0.5, 0.6) is 17.5 Å². The van der Waals surface area contributed by atoms with Gasteiger partial charge in [0, 0.05) is 6.54 Å². The zero-order chi connectivity index (χ0) is 14.4. The molecule has 0 fully saturated rings. The van der Waals surface area contributed by atoms with Crippen LogP contribution >= 0.6 is 0 Å². The van der Waals surface area contributed by atoms with Crippen molar-refractivity contribution in [2.24, 2.45) is 0 Å². The Morgan fingerprint density at radius 2 is 2.00 bits per heavy atom. The van der Waals surface area contributed by atoms with Gasteiger partial charge in [0.15, 0.2) is 0 Å². The molecule has 0 radical (unpaired) electrons. The van der Waals surface area contributed by atoms with Gasteiger partial charge in [0.2, 0.25) is 11.8 Å². The Morgan fingerprint density at radius 1 is 1.20 bits per heavy atom. The number of benzene rings is 1. The molecule has 0 aliphatic heterocycles. The van der Waals surface area contributed by atoms with Crippen LogP contribution in [0.4, 0.5) is 0 Å². The molecule has 0 spiro atoms. The summed E-state index contributed by atoms with van der Waals surface area (Å²) < 4.78 is 11.2. The molecular formula is C15H19N3O2. The third-order valence-electron chi connectivity index (χ3n) is 2.45. The minimum absolute atomic E-state index is 0.0542. The maximum atomic E-state index is 5.71. The monoisotopic (exact) mass is 273 g/mol. The zero-order valence-corrected chi connectivity index (χ0v) is 12.0. The van der Waals surface area contributed by atoms with Crippen LogP contribution in [0.15, 0.2) is 36.7 Å². The van der Waals surface area contributed by atoms with Gasteiger partial charge in [-0.2, -0.15) is 4.98 Å². The summed E-state index contributed by atoms with van der Waals surface area (Å²) in [6.07, 6.45) is 3.20. The predicted octanol–water partition coefficient (Wildman–Crippen LogP) is 2.78. The van der Waals surface area contributed by atoms with Crippen molar-refractivity contribution >= 4 is 0 Å². The second-order valence-electron chi connectivity index (χ2n) is 4.64. The van der Waals surface area contributed by atoms with Crippen LogP contribution in [0.3, 0.4) is 0 Å². The van der Waals surface area contributed by atoms with Crippen molar-refractivity contribution in [3.63, 3.8) is 0 Å². The second kappa shape index (κ2) is 6.86. The summed E-state index contributed by atoms with van der Waals surface area (Å²) in [6.45, 7) is 4.67. The van der Waals surface area contributed by atoms with Gasteiger partial charge in [-0.05, 0) is 38.6 Å². The maximum Gasteiger partial charge on any atom is 0.241 e. The molecule has 1 heterocycles. The fourth-order valence-corrected chi connectivity index (χ4v) is 1.72. The first-order chi connectivity index (χ1) is 9.67. The lowest BCUT2D eigenvalue weighted by Gasteiger charge is -2.10. The van der Waals surface area contributed by atoms with E-state index in [1.54, 1.807) is 12.4 Å². The topological polar surface area (TPSA) is 56.3 Å². The minimum Gasteiger partial charge on any atom is -0.474 e. The maximum absolute atomic E-state index is 5.71. The van der Waals surface area contributed by atoms with Crippen LogP contribution in [0.2, 0.25) is 0 Å². The highest BCUT2D eigenvalue weighted by Gasteiger charge is 2.04. The van der Waals surface area contributed by atoms with Gasteiger partial charge in [-0.25, -0.2) is 0 Å². The molecule has 20 heavy (non-hydrogen) atoms. The van der Waals surface area contributed by atoms with Crippen molar-refractivity contribution in [3.05, 3.63) is 42.2 Å². The molecule has 0 atom stereocenters. The normalized spacial score (nSPS) is 10.6. The lowest BCUT2D eigenvalue weighted by molar-refractivity contribution is 0.229. The van der Waals surface area contributed by atoms with E-state index in [-0.39, 0.29) is 6.10 Å². The van der Waals surface area contributed by atoms with E-state index >= 15 is 0 Å². The van der Waals surface area contributed by atoms with Gasteiger partial charge in [-0.15, -0.1) is 0 Å². The molecule has 106 valence electrons. The summed E-state index contributed by atoms with van der Waals surface area (Å²) in [7, 11) is 1.91. The Kier molecular flexibility index (Phi) is 4.90. The first-order valence-electron chi connectivity index (χ1n) is 6.57. The Hall–Kier alpha value is -2.14. The van der Waals surface area contributed by atoms with E-state index in [0.29, 0.717) is 11.8 Å². The highest BCUT2D eigenvalue weighted by Crippen LogP contribution is 2.21. The summed E-state index contributed by atoms with van der Waals surface area (Å²) >= 11 is 0. The molecule has 0 unspecified atom stereocenters. The standard InChI is InChI=1S/C15H19N3O2/c1-11(2)19-14-9-17-10-15(18-14)20-13-6-4-5-12(7-13)8-16-3/h4-7,9-11,16H,8H2,1-3H3. The minimum atomic E-state index is 0.0542. The van der Waals surface area contributed by atoms with Gasteiger partial charge < -0.3 is 14.8 Å². The Bertz CT molecular complexity index is 558. The fraction of sp³-hybridized carbons (Fsp3) is 0.333. The molecule has 5 heteroatoms. The fourth-order valence-electron chi connectivity index (χ4n) is 1.72. The summed E-state index contributed by atoms with van der Waals surface area (Å²) in [4.78, 5) is 8.33. The van der Waals surface area contributed by atoms with Crippen molar-refractivity contribution in [3.8, 4) is 17.5 Å². The van der Waals surface area contributed by atoms with Crippen LogP contribution < -0.4 is 14.8 Å². The highest BCUT2D eigenvalue weighted by atomic mass is 16.5. The number of nitrogens with zero attached hydrogens (tertiary/aromatic N) is 2. The predicted molar refractivity (Wildman–Crippen MR) is 77.1 cm³/mol. The Labute approximate surface area is 119 Å². The number of ether oxygens (including phenoxy) is 2. The van der Waals surface area contributed by atoms with Crippen molar-refractivity contribution in [2.45, 2.75) is 26.5 Å². The largest absolute Gasteiger partial charge is 0.474 e. The van der Waals surface area contributed by atoms with E-state index in [1.165, 1.54) is 0 Å². The molecule has 2 rings (SSSR count). The number of nitrogens with one attached hydrogen (secondary N) is 1. The molecule has 2 aromatic rings. The lowest BCUT2D eigenvalue weighted by atomic mass is 10.2. The highest BCUT2D eigenvalue weighted by molar-refractivity contribution is 5.31. The van der Waals surface area contributed by atoms with Crippen molar-refractivity contribution < 1.29 is 9.47 Å². The van der Waals surface area contributed by atoms with E-state index in [0.717, 1.165) is 17.9 Å². The first kappa shape index (κ1) is 14.3. The van der Waals surface area contributed by atoms with Crippen LogP contribution in [-0.2, 0) is 6.54 Å². The van der Waals surface area contributed by atoms with Crippen LogP contribution in [0, 0.1) is 0 Å². The van der Waals surface area contributed by atoms with Crippen LogP contribution in [0.1, 0.15) is 19.4 Å². The lowest BCUT2D eigenvalue weighted by Crippen LogP contribution is -2.07. The third kappa shape index (κ3) is 4.20. The number of hydrogen-bond acceptors (Lipinski definition) is 5. The SMILES string of the molecule is CNCc1cccc(Oc2cncc(OC(C)C)n2)c1. The third-order valence-corrected chi connectivity index (χ3v) is 2.45. The van der Waals surface area contributed by atoms with Crippen LogP contribution in [-0.4, -0.2) is 23.1 Å². The quantitative estimate of drug-likeness (QED) is 0.877. The van der Waals surface area contributed by atoms with Gasteiger partial charge in [-0.3, -0.25) is 4.98 Å². The summed E-state index contributed by atoms with van der Waals surface area (Å²) in [5.41, 5.74) is 1.15. The van der Waals surface area contributed by atoms with Crippen molar-refractivity contribution in [1.82, 2.24) is 15.3 Å². The molecule has 0 amide bonds. The van der Waals surface area contributed by atoms with Gasteiger partial charge in [0.25, 0.3) is 0 Å². The van der Waals surface area contributed by atoms with Crippen molar-refractivity contribution in [1.29, 1.82) is 0 Å². The zero-order valence-electron chi connectivity index (χ0n) is 12.0. The van der Waals surface area contributed by atoms with Crippen LogP contribution in [0.25, 0.3) is 0 Å².